The highest BCUT2D eigenvalue weighted by Crippen LogP contribution is 2.29. The van der Waals surface area contributed by atoms with Crippen molar-refractivity contribution in [1.29, 1.82) is 0 Å². The van der Waals surface area contributed by atoms with Crippen molar-refractivity contribution >= 4 is 39.5 Å². The lowest BCUT2D eigenvalue weighted by Crippen LogP contribution is -2.48. The molecule has 1 fully saturated rings. The van der Waals surface area contributed by atoms with E-state index in [1.165, 1.54) is 27.1 Å². The fourth-order valence-corrected chi connectivity index (χ4v) is 6.29. The first-order chi connectivity index (χ1) is 26.7. The maximum absolute atomic E-state index is 13.6. The van der Waals surface area contributed by atoms with E-state index >= 15 is 0 Å². The van der Waals surface area contributed by atoms with Crippen LogP contribution in [0.3, 0.4) is 0 Å². The summed E-state index contributed by atoms with van der Waals surface area (Å²) >= 11 is 0. The molecule has 1 atom stereocenters. The minimum absolute atomic E-state index is 0.0106. The van der Waals surface area contributed by atoms with Crippen molar-refractivity contribution in [2.45, 2.75) is 52.0 Å². The summed E-state index contributed by atoms with van der Waals surface area (Å²) < 4.78 is 34.6. The Morgan fingerprint density at radius 1 is 0.691 bits per heavy atom. The van der Waals surface area contributed by atoms with Crippen molar-refractivity contribution in [3.63, 3.8) is 0 Å². The topological polar surface area (TPSA) is 125 Å². The van der Waals surface area contributed by atoms with E-state index in [4.69, 9.17) is 28.4 Å². The number of ether oxygens (including phenoxy) is 6. The highest BCUT2D eigenvalue weighted by atomic mass is 16.6. The molecule has 0 spiro atoms. The third kappa shape index (κ3) is 13.9. The van der Waals surface area contributed by atoms with Gasteiger partial charge < -0.3 is 38.6 Å². The fraction of sp³-hybridized carbons (Fsp3) is 0.465. The largest absolute Gasteiger partial charge is 0.458 e. The number of hydrogen-bond acceptors (Lipinski definition) is 10. The minimum atomic E-state index is -1.26. The van der Waals surface area contributed by atoms with Gasteiger partial charge in [0.2, 0.25) is 5.91 Å². The Morgan fingerprint density at radius 2 is 1.20 bits per heavy atom. The van der Waals surface area contributed by atoms with E-state index in [9.17, 15) is 14.4 Å². The Kier molecular flexibility index (Phi) is 16.2. The molecule has 12 nitrogen and oxygen atoms in total. The van der Waals surface area contributed by atoms with Gasteiger partial charge in [0.25, 0.3) is 0 Å². The molecule has 0 radical (unpaired) electrons. The van der Waals surface area contributed by atoms with E-state index in [2.05, 4.69) is 64.8 Å². The van der Waals surface area contributed by atoms with Gasteiger partial charge in [-0.25, -0.2) is 9.59 Å². The fourth-order valence-electron chi connectivity index (χ4n) is 6.29. The molecule has 4 aromatic rings. The van der Waals surface area contributed by atoms with E-state index in [1.54, 1.807) is 25.7 Å². The third-order valence-corrected chi connectivity index (χ3v) is 9.05. The first-order valence-electron chi connectivity index (χ1n) is 19.1. The number of alkyl carbamates (subject to hydrolysis) is 1. The Labute approximate surface area is 323 Å². The summed E-state index contributed by atoms with van der Waals surface area (Å²) in [6.45, 7) is 10.9. The molecule has 1 aliphatic heterocycles. The molecule has 1 heterocycles. The maximum atomic E-state index is 13.6. The van der Waals surface area contributed by atoms with E-state index in [1.807, 2.05) is 30.3 Å². The first kappa shape index (κ1) is 41.6. The van der Waals surface area contributed by atoms with Gasteiger partial charge in [-0.1, -0.05) is 78.9 Å². The molecule has 5 rings (SSSR count). The summed E-state index contributed by atoms with van der Waals surface area (Å²) in [6, 6.07) is 27.2. The predicted octanol–water partition coefficient (Wildman–Crippen LogP) is 5.73. The smallest absolute Gasteiger partial charge is 0.408 e. The van der Waals surface area contributed by atoms with Gasteiger partial charge in [-0.3, -0.25) is 9.69 Å². The molecular weight excluding hydrogens is 702 g/mol. The van der Waals surface area contributed by atoms with Crippen LogP contribution in [-0.2, 0) is 51.2 Å². The van der Waals surface area contributed by atoms with Gasteiger partial charge in [0.05, 0.1) is 59.3 Å². The van der Waals surface area contributed by atoms with Crippen LogP contribution in [0.15, 0.2) is 84.9 Å². The van der Waals surface area contributed by atoms with Crippen molar-refractivity contribution in [2.75, 3.05) is 79.0 Å². The summed E-state index contributed by atoms with van der Waals surface area (Å²) in [4.78, 5) is 43.4. The number of nitrogens with one attached hydrogen (secondary N) is 1. The van der Waals surface area contributed by atoms with Crippen LogP contribution in [-0.4, -0.2) is 118 Å². The van der Waals surface area contributed by atoms with Gasteiger partial charge in [-0.2, -0.15) is 0 Å². The van der Waals surface area contributed by atoms with E-state index in [0.29, 0.717) is 52.7 Å². The van der Waals surface area contributed by atoms with Crippen LogP contribution in [0.25, 0.3) is 21.5 Å². The second-order valence-corrected chi connectivity index (χ2v) is 14.4. The second kappa shape index (κ2) is 21.5. The van der Waals surface area contributed by atoms with Gasteiger partial charge in [-0.05, 0) is 59.5 Å². The predicted molar refractivity (Wildman–Crippen MR) is 211 cm³/mol. The molecule has 2 amide bonds. The normalized spacial score (nSPS) is 16.8. The number of esters is 1. The lowest BCUT2D eigenvalue weighted by Gasteiger charge is -2.27. The number of nitrogens with zero attached hydrogens (tertiary/aromatic N) is 2. The molecule has 4 aromatic carbocycles. The van der Waals surface area contributed by atoms with Crippen LogP contribution >= 0.6 is 0 Å². The Morgan fingerprint density at radius 3 is 1.75 bits per heavy atom. The molecule has 0 saturated carbocycles. The molecule has 1 N–H and O–H groups in total. The minimum Gasteiger partial charge on any atom is -0.458 e. The molecule has 0 bridgehead atoms. The SMILES string of the molecule is CC(C)(C)OC(=O)[C@H](CC(=O)N1CCOCCOCCN(Cc2c3ccccc3cc3ccccc23)CCOCCOCC1)NC(=O)OCc1ccccc1. The number of carbonyl (C=O) groups is 3. The highest BCUT2D eigenvalue weighted by molar-refractivity contribution is 6.02. The van der Waals surface area contributed by atoms with Crippen LogP contribution in [0.2, 0.25) is 0 Å². The van der Waals surface area contributed by atoms with Crippen LogP contribution < -0.4 is 5.32 Å². The zero-order valence-electron chi connectivity index (χ0n) is 32.3. The average Bonchev–Trinajstić information content (AvgIpc) is 3.17. The van der Waals surface area contributed by atoms with Crippen LogP contribution in [0.4, 0.5) is 4.79 Å². The molecule has 296 valence electrons. The molecule has 0 aromatic heterocycles. The van der Waals surface area contributed by atoms with Gasteiger partial charge in [0.1, 0.15) is 18.2 Å². The van der Waals surface area contributed by atoms with Crippen molar-refractivity contribution < 1.29 is 42.8 Å². The summed E-state index contributed by atoms with van der Waals surface area (Å²) in [5.41, 5.74) is 1.25. The summed E-state index contributed by atoms with van der Waals surface area (Å²) in [5.74, 6) is -1.10. The maximum Gasteiger partial charge on any atom is 0.408 e. The quantitative estimate of drug-likeness (QED) is 0.176. The number of fused-ring (bicyclic) bond motifs is 2. The van der Waals surface area contributed by atoms with Gasteiger partial charge >= 0.3 is 12.1 Å². The molecule has 0 unspecified atom stereocenters. The number of rotatable bonds is 8. The summed E-state index contributed by atoms with van der Waals surface area (Å²) in [6.07, 6.45) is -1.16. The third-order valence-electron chi connectivity index (χ3n) is 9.05. The summed E-state index contributed by atoms with van der Waals surface area (Å²) in [5, 5.41) is 7.47. The lowest BCUT2D eigenvalue weighted by molar-refractivity contribution is -0.159. The first-order valence-corrected chi connectivity index (χ1v) is 19.1. The van der Waals surface area contributed by atoms with Gasteiger partial charge in [-0.15, -0.1) is 0 Å². The molecule has 55 heavy (non-hydrogen) atoms. The van der Waals surface area contributed by atoms with Crippen molar-refractivity contribution in [3.8, 4) is 0 Å². The lowest BCUT2D eigenvalue weighted by atomic mass is 9.96. The second-order valence-electron chi connectivity index (χ2n) is 14.4. The van der Waals surface area contributed by atoms with E-state index in [0.717, 1.165) is 12.1 Å². The van der Waals surface area contributed by atoms with Crippen molar-refractivity contribution in [2.24, 2.45) is 0 Å². The average molecular weight is 758 g/mol. The van der Waals surface area contributed by atoms with Gasteiger partial charge in [0.15, 0.2) is 0 Å². The van der Waals surface area contributed by atoms with E-state index < -0.39 is 23.7 Å². The van der Waals surface area contributed by atoms with Crippen LogP contribution in [0.1, 0.15) is 38.3 Å². The standard InChI is InChI=1S/C43H55N3O9/c1-43(2,3)55-41(48)39(44-42(49)54-32-33-11-5-4-6-12-33)30-40(47)46-19-23-52-27-25-50-21-17-45(18-22-51-26-28-53-24-20-46)31-38-36-15-9-7-13-34(36)29-35-14-8-10-16-37(35)38/h4-16,29,39H,17-28,30-32H2,1-3H3,(H,44,49)/t39-/m0/s1. The monoisotopic (exact) mass is 757 g/mol. The number of carbonyl (C=O) groups excluding carboxylic acids is 3. The molecule has 12 heteroatoms. The van der Waals surface area contributed by atoms with Crippen molar-refractivity contribution in [1.82, 2.24) is 15.1 Å². The number of benzene rings is 4. The Balaban J connectivity index is 1.15. The zero-order valence-corrected chi connectivity index (χ0v) is 32.3. The van der Waals surface area contributed by atoms with Crippen LogP contribution in [0, 0.1) is 0 Å². The van der Waals surface area contributed by atoms with Crippen molar-refractivity contribution in [3.05, 3.63) is 96.1 Å². The Bertz CT molecular complexity index is 1740. The highest BCUT2D eigenvalue weighted by Gasteiger charge is 2.31. The molecular formula is C43H55N3O9. The van der Waals surface area contributed by atoms with Gasteiger partial charge in [0, 0.05) is 32.7 Å². The Hall–Kier alpha value is -4.59. The zero-order chi connectivity index (χ0) is 38.9. The summed E-state index contributed by atoms with van der Waals surface area (Å²) in [7, 11) is 0. The molecule has 1 aliphatic rings. The molecule has 0 aliphatic carbocycles. The number of amides is 2. The molecule has 1 saturated heterocycles. The van der Waals surface area contributed by atoms with Crippen LogP contribution in [0.5, 0.6) is 0 Å². The van der Waals surface area contributed by atoms with E-state index in [-0.39, 0.29) is 45.2 Å². The number of hydrogen-bond donors (Lipinski definition) is 1.